The number of nitrogens with zero attached hydrogens (tertiary/aromatic N) is 3. The number of carbonyl (C=O) groups excluding carboxylic acids is 3. The first-order valence-corrected chi connectivity index (χ1v) is 11.2. The number of amides is 2. The van der Waals surface area contributed by atoms with Crippen LogP contribution in [-0.2, 0) is 16.1 Å². The summed E-state index contributed by atoms with van der Waals surface area (Å²) in [5.41, 5.74) is 1.21. The molecule has 6 nitrogen and oxygen atoms in total. The van der Waals surface area contributed by atoms with Crippen LogP contribution in [0, 0.1) is 0 Å². The minimum atomic E-state index is -0.473. The molecule has 0 bridgehead atoms. The van der Waals surface area contributed by atoms with Crippen LogP contribution < -0.4 is 0 Å². The summed E-state index contributed by atoms with van der Waals surface area (Å²) in [4.78, 5) is 42.7. The third kappa shape index (κ3) is 3.87. The van der Waals surface area contributed by atoms with E-state index in [1.165, 1.54) is 0 Å². The molecule has 6 heteroatoms. The van der Waals surface area contributed by atoms with Crippen LogP contribution >= 0.6 is 0 Å². The molecule has 0 spiro atoms. The summed E-state index contributed by atoms with van der Waals surface area (Å²) in [6, 6.07) is 7.99. The van der Waals surface area contributed by atoms with Gasteiger partial charge in [-0.05, 0) is 58.4 Å². The lowest BCUT2D eigenvalue weighted by molar-refractivity contribution is -0.137. The Bertz CT molecular complexity index is 948. The van der Waals surface area contributed by atoms with Crippen molar-refractivity contribution in [3.05, 3.63) is 36.0 Å². The fourth-order valence-corrected chi connectivity index (χ4v) is 5.05. The third-order valence-electron chi connectivity index (χ3n) is 6.66. The zero-order chi connectivity index (χ0) is 21.3. The number of likely N-dealkylation sites (tertiary alicyclic amines) is 2. The number of hydrogen-bond donors (Lipinski definition) is 0. The van der Waals surface area contributed by atoms with Gasteiger partial charge in [-0.25, -0.2) is 0 Å². The predicted octanol–water partition coefficient (Wildman–Crippen LogP) is 3.63. The number of ketones is 1. The van der Waals surface area contributed by atoms with Crippen LogP contribution in [0.25, 0.3) is 10.9 Å². The Labute approximate surface area is 177 Å². The van der Waals surface area contributed by atoms with Crippen molar-refractivity contribution in [2.75, 3.05) is 13.1 Å². The molecule has 2 saturated heterocycles. The van der Waals surface area contributed by atoms with E-state index < -0.39 is 11.7 Å². The summed E-state index contributed by atoms with van der Waals surface area (Å²) in [7, 11) is 0. The number of rotatable bonds is 4. The fourth-order valence-electron chi connectivity index (χ4n) is 5.05. The molecular formula is C24H31N3O3. The lowest BCUT2D eigenvalue weighted by atomic mass is 9.97. The van der Waals surface area contributed by atoms with Crippen molar-refractivity contribution in [1.29, 1.82) is 0 Å². The highest BCUT2D eigenvalue weighted by Crippen LogP contribution is 2.26. The summed E-state index contributed by atoms with van der Waals surface area (Å²) >= 11 is 0. The molecule has 2 atom stereocenters. The van der Waals surface area contributed by atoms with Gasteiger partial charge in [-0.1, -0.05) is 18.2 Å². The molecule has 2 aliphatic rings. The monoisotopic (exact) mass is 409 g/mol. The normalized spacial score (nSPS) is 22.3. The molecule has 30 heavy (non-hydrogen) atoms. The first-order chi connectivity index (χ1) is 14.5. The van der Waals surface area contributed by atoms with E-state index in [2.05, 4.69) is 13.8 Å². The van der Waals surface area contributed by atoms with E-state index in [0.29, 0.717) is 18.7 Å². The summed E-state index contributed by atoms with van der Waals surface area (Å²) in [6.07, 6.45) is 7.89. The quantitative estimate of drug-likeness (QED) is 0.572. The molecule has 0 saturated carbocycles. The molecule has 160 valence electrons. The molecule has 1 aromatic carbocycles. The molecule has 0 radical (unpaired) electrons. The molecule has 2 aromatic rings. The number of hydrogen-bond acceptors (Lipinski definition) is 3. The van der Waals surface area contributed by atoms with E-state index in [9.17, 15) is 14.4 Å². The largest absolute Gasteiger partial charge is 0.337 e. The average Bonchev–Trinajstić information content (AvgIpc) is 3.11. The number of Topliss-reactive ketones (excluding diaryl/α,β-unsaturated/α-hetero) is 1. The molecule has 4 rings (SSSR count). The SMILES string of the molecule is C[C@H]1CCC[C@H](C)N1C(=O)Cn1cc(C(=O)C(=O)N2CCCCC2)c2ccccc21. The van der Waals surface area contributed by atoms with E-state index in [4.69, 9.17) is 0 Å². The summed E-state index contributed by atoms with van der Waals surface area (Å²) in [5, 5.41) is 0.736. The van der Waals surface area contributed by atoms with Crippen LogP contribution in [0.1, 0.15) is 62.7 Å². The highest BCUT2D eigenvalue weighted by molar-refractivity contribution is 6.44. The number of para-hydroxylation sites is 1. The Hall–Kier alpha value is -2.63. The Morgan fingerprint density at radius 1 is 0.933 bits per heavy atom. The minimum Gasteiger partial charge on any atom is -0.337 e. The topological polar surface area (TPSA) is 62.6 Å². The van der Waals surface area contributed by atoms with E-state index in [0.717, 1.165) is 49.4 Å². The van der Waals surface area contributed by atoms with Crippen molar-refractivity contribution >= 4 is 28.5 Å². The minimum absolute atomic E-state index is 0.0665. The first kappa shape index (κ1) is 20.6. The van der Waals surface area contributed by atoms with E-state index in [1.54, 1.807) is 11.1 Å². The van der Waals surface area contributed by atoms with Gasteiger partial charge in [0.15, 0.2) is 0 Å². The van der Waals surface area contributed by atoms with Gasteiger partial charge in [0, 0.05) is 42.3 Å². The predicted molar refractivity (Wildman–Crippen MR) is 116 cm³/mol. The third-order valence-corrected chi connectivity index (χ3v) is 6.66. The molecule has 0 N–H and O–H groups in total. The van der Waals surface area contributed by atoms with Crippen molar-refractivity contribution in [1.82, 2.24) is 14.4 Å². The molecular weight excluding hydrogens is 378 g/mol. The summed E-state index contributed by atoms with van der Waals surface area (Å²) in [5.74, 6) is -0.835. The van der Waals surface area contributed by atoms with Crippen LogP contribution in [0.2, 0.25) is 0 Å². The lowest BCUT2D eigenvalue weighted by Crippen LogP contribution is -2.48. The van der Waals surface area contributed by atoms with Gasteiger partial charge < -0.3 is 14.4 Å². The Morgan fingerprint density at radius 3 is 2.30 bits per heavy atom. The van der Waals surface area contributed by atoms with Gasteiger partial charge in [0.25, 0.3) is 11.7 Å². The highest BCUT2D eigenvalue weighted by atomic mass is 16.2. The van der Waals surface area contributed by atoms with Crippen LogP contribution in [0.4, 0.5) is 0 Å². The van der Waals surface area contributed by atoms with Crippen molar-refractivity contribution in [3.63, 3.8) is 0 Å². The highest BCUT2D eigenvalue weighted by Gasteiger charge is 2.31. The Morgan fingerprint density at radius 2 is 1.60 bits per heavy atom. The molecule has 2 amide bonds. The van der Waals surface area contributed by atoms with Crippen LogP contribution in [0.15, 0.2) is 30.5 Å². The Balaban J connectivity index is 1.61. The average molecular weight is 410 g/mol. The van der Waals surface area contributed by atoms with E-state index in [-0.39, 0.29) is 24.5 Å². The molecule has 1 aromatic heterocycles. The van der Waals surface area contributed by atoms with Gasteiger partial charge in [-0.15, -0.1) is 0 Å². The van der Waals surface area contributed by atoms with Crippen molar-refractivity contribution in [3.8, 4) is 0 Å². The van der Waals surface area contributed by atoms with Crippen molar-refractivity contribution < 1.29 is 14.4 Å². The second-order valence-corrected chi connectivity index (χ2v) is 8.80. The number of aromatic nitrogens is 1. The lowest BCUT2D eigenvalue weighted by Gasteiger charge is -2.39. The zero-order valence-corrected chi connectivity index (χ0v) is 18.0. The number of piperidine rings is 2. The van der Waals surface area contributed by atoms with Gasteiger partial charge in [0.05, 0.1) is 5.56 Å². The smallest absolute Gasteiger partial charge is 0.295 e. The van der Waals surface area contributed by atoms with E-state index in [1.807, 2.05) is 33.7 Å². The maximum atomic E-state index is 13.1. The number of benzene rings is 1. The maximum Gasteiger partial charge on any atom is 0.295 e. The molecule has 0 aliphatic carbocycles. The van der Waals surface area contributed by atoms with E-state index >= 15 is 0 Å². The fraction of sp³-hybridized carbons (Fsp3) is 0.542. The van der Waals surface area contributed by atoms with Gasteiger partial charge in [0.2, 0.25) is 5.91 Å². The van der Waals surface area contributed by atoms with Gasteiger partial charge in [-0.2, -0.15) is 0 Å². The van der Waals surface area contributed by atoms with Crippen LogP contribution in [-0.4, -0.2) is 57.1 Å². The maximum absolute atomic E-state index is 13.1. The zero-order valence-electron chi connectivity index (χ0n) is 18.0. The van der Waals surface area contributed by atoms with Gasteiger partial charge >= 0.3 is 0 Å². The Kier molecular flexibility index (Phi) is 5.93. The molecule has 3 heterocycles. The van der Waals surface area contributed by atoms with Crippen LogP contribution in [0.5, 0.6) is 0 Å². The van der Waals surface area contributed by atoms with Crippen molar-refractivity contribution in [2.24, 2.45) is 0 Å². The number of carbonyl (C=O) groups is 3. The summed E-state index contributed by atoms with van der Waals surface area (Å²) in [6.45, 7) is 5.68. The number of fused-ring (bicyclic) bond motifs is 1. The van der Waals surface area contributed by atoms with Gasteiger partial charge in [0.1, 0.15) is 6.54 Å². The second-order valence-electron chi connectivity index (χ2n) is 8.80. The standard InChI is InChI=1S/C24H31N3O3/c1-17-9-8-10-18(2)27(17)22(28)16-26-15-20(19-11-4-5-12-21(19)26)23(29)24(30)25-13-6-3-7-14-25/h4-5,11-12,15,17-18H,3,6-10,13-14,16H2,1-2H3/t17-,18-/m0/s1. The molecule has 2 fully saturated rings. The summed E-state index contributed by atoms with van der Waals surface area (Å²) < 4.78 is 1.84. The first-order valence-electron chi connectivity index (χ1n) is 11.2. The molecule has 0 unspecified atom stereocenters. The van der Waals surface area contributed by atoms with Gasteiger partial charge in [-0.3, -0.25) is 14.4 Å². The molecule has 2 aliphatic heterocycles. The van der Waals surface area contributed by atoms with Crippen LogP contribution in [0.3, 0.4) is 0 Å². The second kappa shape index (κ2) is 8.62. The van der Waals surface area contributed by atoms with Crippen molar-refractivity contribution in [2.45, 2.75) is 71.0 Å².